The molecule has 0 saturated carbocycles. The van der Waals surface area contributed by atoms with Crippen molar-refractivity contribution in [1.29, 1.82) is 0 Å². The Morgan fingerprint density at radius 1 is 1.12 bits per heavy atom. The van der Waals surface area contributed by atoms with Crippen LogP contribution in [0.4, 0.5) is 0 Å². The van der Waals surface area contributed by atoms with Gasteiger partial charge in [0.25, 0.3) is 0 Å². The van der Waals surface area contributed by atoms with E-state index in [0.717, 1.165) is 11.1 Å². The van der Waals surface area contributed by atoms with Crippen LogP contribution in [0.2, 0.25) is 5.02 Å². The Labute approximate surface area is 152 Å². The molecule has 0 aromatic heterocycles. The largest absolute Gasteiger partial charge is 0.367 e. The number of halogens is 1. The SMILES string of the molecule is CC1NNC(NC(=O)COCc2ccccc2)C1c1ccc(Cl)cc1. The molecule has 3 N–H and O–H groups in total. The molecule has 3 atom stereocenters. The van der Waals surface area contributed by atoms with Gasteiger partial charge >= 0.3 is 0 Å². The Kier molecular flexibility index (Phi) is 6.04. The summed E-state index contributed by atoms with van der Waals surface area (Å²) in [5, 5.41) is 3.69. The summed E-state index contributed by atoms with van der Waals surface area (Å²) in [6.07, 6.45) is -0.205. The fourth-order valence-corrected chi connectivity index (χ4v) is 3.16. The smallest absolute Gasteiger partial charge is 0.247 e. The van der Waals surface area contributed by atoms with E-state index in [4.69, 9.17) is 16.3 Å². The second-order valence-electron chi connectivity index (χ2n) is 6.18. The highest BCUT2D eigenvalue weighted by Crippen LogP contribution is 2.27. The van der Waals surface area contributed by atoms with E-state index < -0.39 is 0 Å². The minimum absolute atomic E-state index is 0.0226. The number of hydrazine groups is 1. The monoisotopic (exact) mass is 359 g/mol. The summed E-state index contributed by atoms with van der Waals surface area (Å²) in [6.45, 7) is 2.51. The van der Waals surface area contributed by atoms with Crippen molar-refractivity contribution < 1.29 is 9.53 Å². The van der Waals surface area contributed by atoms with Crippen molar-refractivity contribution in [3.63, 3.8) is 0 Å². The summed E-state index contributed by atoms with van der Waals surface area (Å²) in [4.78, 5) is 12.2. The van der Waals surface area contributed by atoms with Crippen LogP contribution in [-0.4, -0.2) is 24.7 Å². The van der Waals surface area contributed by atoms with Crippen LogP contribution in [0.25, 0.3) is 0 Å². The molecular formula is C19H22ClN3O2. The first-order chi connectivity index (χ1) is 12.1. The van der Waals surface area contributed by atoms with E-state index in [1.807, 2.05) is 54.6 Å². The third-order valence-electron chi connectivity index (χ3n) is 4.28. The number of nitrogens with one attached hydrogen (secondary N) is 3. The predicted octanol–water partition coefficient (Wildman–Crippen LogP) is 2.58. The van der Waals surface area contributed by atoms with Crippen LogP contribution < -0.4 is 16.2 Å². The lowest BCUT2D eigenvalue weighted by molar-refractivity contribution is -0.127. The van der Waals surface area contributed by atoms with E-state index in [9.17, 15) is 4.79 Å². The molecule has 1 amide bonds. The molecule has 1 heterocycles. The number of rotatable bonds is 6. The van der Waals surface area contributed by atoms with Crippen molar-refractivity contribution in [2.75, 3.05) is 6.61 Å². The van der Waals surface area contributed by atoms with Gasteiger partial charge in [-0.25, -0.2) is 5.43 Å². The second kappa shape index (κ2) is 8.45. The molecule has 132 valence electrons. The Morgan fingerprint density at radius 2 is 1.84 bits per heavy atom. The van der Waals surface area contributed by atoms with Crippen LogP contribution in [0.5, 0.6) is 0 Å². The van der Waals surface area contributed by atoms with Crippen molar-refractivity contribution in [3.8, 4) is 0 Å². The maximum atomic E-state index is 12.2. The fraction of sp³-hybridized carbons (Fsp3) is 0.316. The van der Waals surface area contributed by atoms with E-state index in [1.54, 1.807) is 0 Å². The number of carbonyl (C=O) groups excluding carboxylic acids is 1. The van der Waals surface area contributed by atoms with E-state index in [0.29, 0.717) is 11.6 Å². The summed E-state index contributed by atoms with van der Waals surface area (Å²) in [5.41, 5.74) is 8.48. The average Bonchev–Trinajstić information content (AvgIpc) is 2.97. The predicted molar refractivity (Wildman–Crippen MR) is 98.0 cm³/mol. The van der Waals surface area contributed by atoms with Crippen molar-refractivity contribution in [1.82, 2.24) is 16.2 Å². The van der Waals surface area contributed by atoms with Gasteiger partial charge in [0.15, 0.2) is 0 Å². The molecule has 3 rings (SSSR count). The number of benzene rings is 2. The zero-order valence-corrected chi connectivity index (χ0v) is 14.8. The molecule has 25 heavy (non-hydrogen) atoms. The Bertz CT molecular complexity index is 694. The van der Waals surface area contributed by atoms with Gasteiger partial charge in [-0.2, -0.15) is 0 Å². The fourth-order valence-electron chi connectivity index (χ4n) is 3.03. The number of carbonyl (C=O) groups is 1. The third kappa shape index (κ3) is 4.80. The van der Waals surface area contributed by atoms with Gasteiger partial charge in [0.2, 0.25) is 5.91 Å². The van der Waals surface area contributed by atoms with Gasteiger partial charge in [0, 0.05) is 17.0 Å². The van der Waals surface area contributed by atoms with Crippen molar-refractivity contribution in [3.05, 3.63) is 70.7 Å². The van der Waals surface area contributed by atoms with Crippen LogP contribution in [0, 0.1) is 0 Å². The molecule has 1 aliphatic rings. The normalized spacial score (nSPS) is 22.7. The van der Waals surface area contributed by atoms with Gasteiger partial charge in [-0.15, -0.1) is 0 Å². The van der Waals surface area contributed by atoms with Crippen molar-refractivity contribution in [2.24, 2.45) is 0 Å². The molecule has 0 aliphatic carbocycles. The van der Waals surface area contributed by atoms with E-state index in [1.165, 1.54) is 0 Å². The minimum atomic E-state index is -0.205. The lowest BCUT2D eigenvalue weighted by Crippen LogP contribution is -2.47. The van der Waals surface area contributed by atoms with Crippen molar-refractivity contribution in [2.45, 2.75) is 31.7 Å². The molecule has 1 fully saturated rings. The van der Waals surface area contributed by atoms with Gasteiger partial charge in [-0.1, -0.05) is 54.1 Å². The van der Waals surface area contributed by atoms with Gasteiger partial charge in [0.1, 0.15) is 12.8 Å². The highest BCUT2D eigenvalue weighted by molar-refractivity contribution is 6.30. The van der Waals surface area contributed by atoms with Crippen LogP contribution in [-0.2, 0) is 16.1 Å². The van der Waals surface area contributed by atoms with Crippen LogP contribution in [0.3, 0.4) is 0 Å². The third-order valence-corrected chi connectivity index (χ3v) is 4.53. The standard InChI is InChI=1S/C19H22ClN3O2/c1-13-18(15-7-9-16(20)10-8-15)19(23-22-13)21-17(24)12-25-11-14-5-3-2-4-6-14/h2-10,13,18-19,22-23H,11-12H2,1H3,(H,21,24). The molecule has 0 spiro atoms. The summed E-state index contributed by atoms with van der Waals surface area (Å²) in [5.74, 6) is -0.0429. The molecule has 0 radical (unpaired) electrons. The molecule has 2 aromatic rings. The summed E-state index contributed by atoms with van der Waals surface area (Å²) in [6, 6.07) is 17.7. The molecule has 3 unspecified atom stereocenters. The summed E-state index contributed by atoms with van der Waals surface area (Å²) < 4.78 is 5.50. The molecular weight excluding hydrogens is 338 g/mol. The van der Waals surface area contributed by atoms with Crippen LogP contribution >= 0.6 is 11.6 Å². The zero-order valence-electron chi connectivity index (χ0n) is 14.0. The maximum absolute atomic E-state index is 12.2. The number of amides is 1. The van der Waals surface area contributed by atoms with Crippen LogP contribution in [0.15, 0.2) is 54.6 Å². The molecule has 1 aliphatic heterocycles. The molecule has 5 nitrogen and oxygen atoms in total. The van der Waals surface area contributed by atoms with Crippen molar-refractivity contribution >= 4 is 17.5 Å². The summed E-state index contributed by atoms with van der Waals surface area (Å²) >= 11 is 5.97. The first-order valence-corrected chi connectivity index (χ1v) is 8.69. The highest BCUT2D eigenvalue weighted by Gasteiger charge is 2.35. The number of hydrogen-bond donors (Lipinski definition) is 3. The Morgan fingerprint density at radius 3 is 2.56 bits per heavy atom. The lowest BCUT2D eigenvalue weighted by Gasteiger charge is -2.22. The number of hydrogen-bond acceptors (Lipinski definition) is 4. The van der Waals surface area contributed by atoms with E-state index >= 15 is 0 Å². The molecule has 6 heteroatoms. The molecule has 2 aromatic carbocycles. The van der Waals surface area contributed by atoms with Gasteiger partial charge in [-0.05, 0) is 30.2 Å². The maximum Gasteiger partial charge on any atom is 0.247 e. The molecule has 1 saturated heterocycles. The second-order valence-corrected chi connectivity index (χ2v) is 6.61. The summed E-state index contributed by atoms with van der Waals surface area (Å²) in [7, 11) is 0. The first kappa shape index (κ1) is 17.9. The highest BCUT2D eigenvalue weighted by atomic mass is 35.5. The van der Waals surface area contributed by atoms with E-state index in [-0.39, 0.29) is 30.6 Å². The van der Waals surface area contributed by atoms with Gasteiger partial charge < -0.3 is 10.1 Å². The first-order valence-electron chi connectivity index (χ1n) is 8.31. The Hall–Kier alpha value is -1.92. The van der Waals surface area contributed by atoms with Gasteiger partial charge in [0.05, 0.1) is 6.61 Å². The average molecular weight is 360 g/mol. The molecule has 0 bridgehead atoms. The van der Waals surface area contributed by atoms with Crippen LogP contribution in [0.1, 0.15) is 24.0 Å². The minimum Gasteiger partial charge on any atom is -0.367 e. The van der Waals surface area contributed by atoms with Gasteiger partial charge in [-0.3, -0.25) is 10.2 Å². The topological polar surface area (TPSA) is 62.4 Å². The van der Waals surface area contributed by atoms with E-state index in [2.05, 4.69) is 23.1 Å². The quantitative estimate of drug-likeness (QED) is 0.742. The lowest BCUT2D eigenvalue weighted by atomic mass is 9.91. The zero-order chi connectivity index (χ0) is 17.6. The Balaban J connectivity index is 1.53. The number of ether oxygens (including phenoxy) is 1.